The van der Waals surface area contributed by atoms with Crippen LogP contribution in [0, 0.1) is 5.92 Å². The van der Waals surface area contributed by atoms with Crippen LogP contribution in [0.1, 0.15) is 24.9 Å². The normalized spacial score (nSPS) is 23.2. The molecule has 1 saturated heterocycles. The maximum Gasteiger partial charge on any atom is 0.150 e. The molecule has 3 N–H and O–H groups in total. The third-order valence-electron chi connectivity index (χ3n) is 3.32. The topological polar surface area (TPSA) is 94.3 Å². The lowest BCUT2D eigenvalue weighted by atomic mass is 9.94. The Bertz CT molecular complexity index is 533. The number of hydrogen-bond donors (Lipinski definition) is 2. The van der Waals surface area contributed by atoms with Gasteiger partial charge in [-0.05, 0) is 30.9 Å². The van der Waals surface area contributed by atoms with Gasteiger partial charge >= 0.3 is 0 Å². The molecule has 0 aliphatic carbocycles. The minimum absolute atomic E-state index is 0.0197. The molecule has 6 nitrogen and oxygen atoms in total. The molecule has 0 saturated carbocycles. The Hall–Kier alpha value is -1.18. The van der Waals surface area contributed by atoms with E-state index in [0.717, 1.165) is 5.56 Å². The molecule has 0 spiro atoms. The lowest BCUT2D eigenvalue weighted by Crippen LogP contribution is -2.34. The first-order chi connectivity index (χ1) is 9.05. The first kappa shape index (κ1) is 14.2. The summed E-state index contributed by atoms with van der Waals surface area (Å²) in [5.74, 6) is 6.63. The van der Waals surface area contributed by atoms with Crippen LogP contribution in [0.15, 0.2) is 18.5 Å². The van der Waals surface area contributed by atoms with Crippen molar-refractivity contribution in [1.82, 2.24) is 10.4 Å². The van der Waals surface area contributed by atoms with Crippen molar-refractivity contribution in [1.29, 1.82) is 0 Å². The van der Waals surface area contributed by atoms with Crippen molar-refractivity contribution >= 4 is 9.84 Å². The molecule has 7 heteroatoms. The molecular formula is C12H19N3O3S. The smallest absolute Gasteiger partial charge is 0.150 e. The van der Waals surface area contributed by atoms with Crippen molar-refractivity contribution in [2.45, 2.75) is 19.4 Å². The van der Waals surface area contributed by atoms with Gasteiger partial charge in [-0.25, -0.2) is 8.42 Å². The van der Waals surface area contributed by atoms with Crippen LogP contribution in [0.2, 0.25) is 0 Å². The van der Waals surface area contributed by atoms with Gasteiger partial charge in [0.15, 0.2) is 9.84 Å². The average molecular weight is 285 g/mol. The number of aromatic nitrogens is 1. The number of ether oxygens (including phenoxy) is 1. The van der Waals surface area contributed by atoms with Gasteiger partial charge < -0.3 is 4.74 Å². The van der Waals surface area contributed by atoms with Crippen molar-refractivity contribution in [2.75, 3.05) is 18.1 Å². The van der Waals surface area contributed by atoms with Crippen molar-refractivity contribution in [3.05, 3.63) is 24.0 Å². The number of nitrogens with zero attached hydrogens (tertiary/aromatic N) is 1. The average Bonchev–Trinajstić information content (AvgIpc) is 2.72. The maximum absolute atomic E-state index is 11.6. The molecule has 0 aromatic carbocycles. The summed E-state index contributed by atoms with van der Waals surface area (Å²) in [6.45, 7) is 2.46. The second-order valence-corrected chi connectivity index (χ2v) is 6.92. The highest BCUT2D eigenvalue weighted by molar-refractivity contribution is 7.91. The van der Waals surface area contributed by atoms with Crippen LogP contribution in [0.25, 0.3) is 0 Å². The van der Waals surface area contributed by atoms with Gasteiger partial charge in [0.2, 0.25) is 0 Å². The Labute approximate surface area is 113 Å². The van der Waals surface area contributed by atoms with Crippen molar-refractivity contribution < 1.29 is 13.2 Å². The summed E-state index contributed by atoms with van der Waals surface area (Å²) >= 11 is 0. The maximum atomic E-state index is 11.6. The van der Waals surface area contributed by atoms with E-state index in [1.54, 1.807) is 12.4 Å². The number of hydrogen-bond acceptors (Lipinski definition) is 6. The standard InChI is InChI=1S/C12H19N3O3S/c1-2-18-11-5-10(6-14-7-11)12(15-13)9-3-4-19(16,17)8-9/h5-7,9,12,15H,2-4,8,13H2,1H3. The van der Waals surface area contributed by atoms with E-state index in [1.807, 2.05) is 13.0 Å². The molecule has 2 unspecified atom stereocenters. The highest BCUT2D eigenvalue weighted by atomic mass is 32.2. The number of sulfone groups is 1. The summed E-state index contributed by atoms with van der Waals surface area (Å²) in [6, 6.07) is 1.64. The third-order valence-corrected chi connectivity index (χ3v) is 5.12. The minimum Gasteiger partial charge on any atom is -0.492 e. The number of rotatable bonds is 5. The molecule has 1 aromatic heterocycles. The number of nitrogens with one attached hydrogen (secondary N) is 1. The Kier molecular flexibility index (Phi) is 4.38. The van der Waals surface area contributed by atoms with Gasteiger partial charge in [0.25, 0.3) is 0 Å². The first-order valence-electron chi connectivity index (χ1n) is 6.30. The van der Waals surface area contributed by atoms with Crippen LogP contribution in [0.4, 0.5) is 0 Å². The van der Waals surface area contributed by atoms with Crippen LogP contribution in [-0.2, 0) is 9.84 Å². The predicted molar refractivity (Wildman–Crippen MR) is 72.2 cm³/mol. The molecule has 2 atom stereocenters. The van der Waals surface area contributed by atoms with E-state index < -0.39 is 9.84 Å². The third kappa shape index (κ3) is 3.43. The summed E-state index contributed by atoms with van der Waals surface area (Å²) in [5, 5.41) is 0. The van der Waals surface area contributed by atoms with E-state index in [2.05, 4.69) is 10.4 Å². The Morgan fingerprint density at radius 1 is 1.58 bits per heavy atom. The molecule has 1 aromatic rings. The molecule has 19 heavy (non-hydrogen) atoms. The Morgan fingerprint density at radius 3 is 2.95 bits per heavy atom. The van der Waals surface area contributed by atoms with E-state index >= 15 is 0 Å². The second kappa shape index (κ2) is 5.85. The fourth-order valence-electron chi connectivity index (χ4n) is 2.44. The molecule has 1 aliphatic heterocycles. The lowest BCUT2D eigenvalue weighted by Gasteiger charge is -2.22. The number of pyridine rings is 1. The fourth-order valence-corrected chi connectivity index (χ4v) is 4.28. The van der Waals surface area contributed by atoms with E-state index in [4.69, 9.17) is 10.6 Å². The molecule has 0 radical (unpaired) electrons. The fraction of sp³-hybridized carbons (Fsp3) is 0.583. The minimum atomic E-state index is -2.93. The van der Waals surface area contributed by atoms with Gasteiger partial charge in [-0.2, -0.15) is 0 Å². The number of hydrazine groups is 1. The highest BCUT2D eigenvalue weighted by Crippen LogP contribution is 2.31. The summed E-state index contributed by atoms with van der Waals surface area (Å²) in [7, 11) is -2.93. The summed E-state index contributed by atoms with van der Waals surface area (Å²) in [5.41, 5.74) is 3.56. The van der Waals surface area contributed by atoms with E-state index in [0.29, 0.717) is 18.8 Å². The predicted octanol–water partition coefficient (Wildman–Crippen LogP) is 0.419. The number of nitrogens with two attached hydrogens (primary N) is 1. The summed E-state index contributed by atoms with van der Waals surface area (Å²) in [6.07, 6.45) is 3.94. The zero-order valence-corrected chi connectivity index (χ0v) is 11.7. The summed E-state index contributed by atoms with van der Waals surface area (Å²) < 4.78 is 28.5. The van der Waals surface area contributed by atoms with Crippen LogP contribution in [-0.4, -0.2) is 31.5 Å². The van der Waals surface area contributed by atoms with Crippen LogP contribution in [0.5, 0.6) is 5.75 Å². The van der Waals surface area contributed by atoms with Crippen molar-refractivity contribution in [3.8, 4) is 5.75 Å². The highest BCUT2D eigenvalue weighted by Gasteiger charge is 2.34. The first-order valence-corrected chi connectivity index (χ1v) is 8.12. The lowest BCUT2D eigenvalue weighted by molar-refractivity contribution is 0.336. The second-order valence-electron chi connectivity index (χ2n) is 4.69. The molecule has 1 fully saturated rings. The van der Waals surface area contributed by atoms with Gasteiger partial charge in [-0.15, -0.1) is 0 Å². The van der Waals surface area contributed by atoms with Crippen LogP contribution < -0.4 is 16.0 Å². The molecule has 2 rings (SSSR count). The van der Waals surface area contributed by atoms with Gasteiger partial charge in [-0.3, -0.25) is 16.3 Å². The molecule has 0 amide bonds. The van der Waals surface area contributed by atoms with Crippen LogP contribution in [0.3, 0.4) is 0 Å². The van der Waals surface area contributed by atoms with E-state index in [9.17, 15) is 8.42 Å². The molecule has 0 bridgehead atoms. The molecule has 106 valence electrons. The van der Waals surface area contributed by atoms with Gasteiger partial charge in [-0.1, -0.05) is 0 Å². The molecule has 1 aliphatic rings. The van der Waals surface area contributed by atoms with Gasteiger partial charge in [0.1, 0.15) is 5.75 Å². The monoisotopic (exact) mass is 285 g/mol. The Balaban J connectivity index is 2.20. The largest absolute Gasteiger partial charge is 0.492 e. The SMILES string of the molecule is CCOc1cncc(C(NN)C2CCS(=O)(=O)C2)c1. The van der Waals surface area contributed by atoms with E-state index in [-0.39, 0.29) is 23.5 Å². The zero-order valence-electron chi connectivity index (χ0n) is 10.9. The van der Waals surface area contributed by atoms with Gasteiger partial charge in [0.05, 0.1) is 30.4 Å². The Morgan fingerprint density at radius 2 is 2.37 bits per heavy atom. The van der Waals surface area contributed by atoms with Crippen molar-refractivity contribution in [3.63, 3.8) is 0 Å². The molecule has 2 heterocycles. The zero-order chi connectivity index (χ0) is 13.9. The molecular weight excluding hydrogens is 266 g/mol. The summed E-state index contributed by atoms with van der Waals surface area (Å²) in [4.78, 5) is 4.11. The van der Waals surface area contributed by atoms with Crippen LogP contribution >= 0.6 is 0 Å². The quantitative estimate of drug-likeness (QED) is 0.601. The van der Waals surface area contributed by atoms with Crippen molar-refractivity contribution in [2.24, 2.45) is 11.8 Å². The van der Waals surface area contributed by atoms with Gasteiger partial charge in [0, 0.05) is 6.20 Å². The van der Waals surface area contributed by atoms with E-state index in [1.165, 1.54) is 0 Å².